The lowest BCUT2D eigenvalue weighted by Crippen LogP contribution is -2.47. The lowest BCUT2D eigenvalue weighted by atomic mass is 9.77. The summed E-state index contributed by atoms with van der Waals surface area (Å²) < 4.78 is 13.0. The smallest absolute Gasteiger partial charge is 0.233 e. The number of ether oxygens (including phenoxy) is 2. The van der Waals surface area contributed by atoms with Gasteiger partial charge in [0.15, 0.2) is 5.65 Å². The van der Waals surface area contributed by atoms with Gasteiger partial charge < -0.3 is 14.4 Å². The number of imidazole rings is 1. The van der Waals surface area contributed by atoms with Crippen LogP contribution in [0.25, 0.3) is 5.65 Å². The number of benzene rings is 1. The summed E-state index contributed by atoms with van der Waals surface area (Å²) in [6.45, 7) is 2.56. The van der Waals surface area contributed by atoms with E-state index in [4.69, 9.17) is 9.47 Å². The molecule has 1 aliphatic heterocycles. The molecular formula is C25H30N4O3. The Labute approximate surface area is 188 Å². The number of amides is 1. The molecule has 5 rings (SSSR count). The number of hydrogen-bond donors (Lipinski definition) is 0. The van der Waals surface area contributed by atoms with E-state index in [2.05, 4.69) is 22.2 Å². The molecule has 7 nitrogen and oxygen atoms in total. The fraction of sp³-hybridized carbons (Fsp3) is 0.480. The molecule has 32 heavy (non-hydrogen) atoms. The van der Waals surface area contributed by atoms with Gasteiger partial charge in [-0.05, 0) is 49.1 Å². The second-order valence-electron chi connectivity index (χ2n) is 8.97. The van der Waals surface area contributed by atoms with Gasteiger partial charge >= 0.3 is 0 Å². The van der Waals surface area contributed by atoms with Gasteiger partial charge in [0.25, 0.3) is 0 Å². The number of fused-ring (bicyclic) bond motifs is 1. The van der Waals surface area contributed by atoms with Gasteiger partial charge in [0.2, 0.25) is 5.91 Å². The second kappa shape index (κ2) is 8.90. The summed E-state index contributed by atoms with van der Waals surface area (Å²) in [6.07, 6.45) is 8.35. The van der Waals surface area contributed by atoms with Gasteiger partial charge in [-0.25, -0.2) is 9.50 Å². The van der Waals surface area contributed by atoms with Crippen LogP contribution >= 0.6 is 0 Å². The highest BCUT2D eigenvalue weighted by atomic mass is 16.5. The number of carbonyl (C=O) groups excluding carboxylic acids is 1. The van der Waals surface area contributed by atoms with E-state index in [1.165, 1.54) is 0 Å². The number of nitrogens with zero attached hydrogens (tertiary/aromatic N) is 4. The highest BCUT2D eigenvalue weighted by molar-refractivity contribution is 5.88. The van der Waals surface area contributed by atoms with E-state index in [0.29, 0.717) is 26.3 Å². The standard InChI is InChI=1S/C25H30N4O3/c1-31-22-7-4-20(5-8-22)25(10-2-3-11-25)24(30)28-14-15-32-18-19(17-28)16-21-6-9-23-26-12-13-29(23)27-21/h4-9,12-13,19H,2-3,10-11,14-18H2,1H3/t19-/m1/s1. The van der Waals surface area contributed by atoms with Gasteiger partial charge in [-0.3, -0.25) is 4.79 Å². The largest absolute Gasteiger partial charge is 0.497 e. The summed E-state index contributed by atoms with van der Waals surface area (Å²) in [5, 5.41) is 4.67. The number of hydrogen-bond acceptors (Lipinski definition) is 5. The zero-order valence-corrected chi connectivity index (χ0v) is 18.6. The Balaban J connectivity index is 1.36. The molecule has 1 aromatic carbocycles. The lowest BCUT2D eigenvalue weighted by Gasteiger charge is -2.35. The first kappa shape index (κ1) is 20.9. The molecule has 0 bridgehead atoms. The van der Waals surface area contributed by atoms with E-state index in [-0.39, 0.29) is 11.8 Å². The van der Waals surface area contributed by atoms with Crippen molar-refractivity contribution in [2.24, 2.45) is 5.92 Å². The normalized spacial score (nSPS) is 20.9. The van der Waals surface area contributed by atoms with Crippen molar-refractivity contribution < 1.29 is 14.3 Å². The minimum absolute atomic E-state index is 0.212. The molecule has 168 valence electrons. The Hall–Kier alpha value is -2.93. The van der Waals surface area contributed by atoms with Crippen LogP contribution in [0.4, 0.5) is 0 Å². The fourth-order valence-electron chi connectivity index (χ4n) is 5.27. The highest BCUT2D eigenvalue weighted by Crippen LogP contribution is 2.43. The van der Waals surface area contributed by atoms with Crippen molar-refractivity contribution in [1.82, 2.24) is 19.5 Å². The maximum Gasteiger partial charge on any atom is 0.233 e. The third kappa shape index (κ3) is 3.97. The quantitative estimate of drug-likeness (QED) is 0.617. The van der Waals surface area contributed by atoms with Gasteiger partial charge in [-0.1, -0.05) is 25.0 Å². The Morgan fingerprint density at radius 2 is 2.00 bits per heavy atom. The van der Waals surface area contributed by atoms with Crippen LogP contribution in [0.3, 0.4) is 0 Å². The van der Waals surface area contributed by atoms with Gasteiger partial charge in [0, 0.05) is 31.4 Å². The predicted octanol–water partition coefficient (Wildman–Crippen LogP) is 3.27. The number of rotatable bonds is 5. The zero-order chi connectivity index (χ0) is 22.0. The van der Waals surface area contributed by atoms with Crippen molar-refractivity contribution in [2.75, 3.05) is 33.4 Å². The van der Waals surface area contributed by atoms with Crippen molar-refractivity contribution in [3.63, 3.8) is 0 Å². The topological polar surface area (TPSA) is 69.0 Å². The van der Waals surface area contributed by atoms with Gasteiger partial charge in [-0.15, -0.1) is 0 Å². The minimum Gasteiger partial charge on any atom is -0.497 e. The molecule has 1 amide bonds. The van der Waals surface area contributed by atoms with Crippen LogP contribution in [-0.4, -0.2) is 58.8 Å². The molecule has 0 radical (unpaired) electrons. The first-order valence-corrected chi connectivity index (χ1v) is 11.5. The maximum atomic E-state index is 14.0. The molecule has 0 N–H and O–H groups in total. The van der Waals surface area contributed by atoms with Crippen LogP contribution < -0.4 is 4.74 Å². The van der Waals surface area contributed by atoms with Crippen molar-refractivity contribution in [1.29, 1.82) is 0 Å². The highest BCUT2D eigenvalue weighted by Gasteiger charge is 2.45. The zero-order valence-electron chi connectivity index (χ0n) is 18.6. The number of carbonyl (C=O) groups is 1. The molecule has 1 saturated heterocycles. The van der Waals surface area contributed by atoms with Gasteiger partial charge in [0.05, 0.1) is 31.4 Å². The molecule has 2 fully saturated rings. The van der Waals surface area contributed by atoms with Crippen LogP contribution in [0.1, 0.15) is 36.9 Å². The van der Waals surface area contributed by atoms with E-state index in [0.717, 1.165) is 54.8 Å². The van der Waals surface area contributed by atoms with E-state index < -0.39 is 5.41 Å². The average molecular weight is 435 g/mol. The molecule has 1 saturated carbocycles. The number of methoxy groups -OCH3 is 1. The molecule has 2 aliphatic rings. The molecular weight excluding hydrogens is 404 g/mol. The monoisotopic (exact) mass is 434 g/mol. The Morgan fingerprint density at radius 3 is 2.78 bits per heavy atom. The molecule has 2 aromatic heterocycles. The maximum absolute atomic E-state index is 14.0. The molecule has 3 aromatic rings. The van der Waals surface area contributed by atoms with E-state index in [1.807, 2.05) is 35.4 Å². The fourth-order valence-corrected chi connectivity index (χ4v) is 5.27. The molecule has 3 heterocycles. The van der Waals surface area contributed by atoms with Crippen LogP contribution in [0.5, 0.6) is 5.75 Å². The second-order valence-corrected chi connectivity index (χ2v) is 8.97. The van der Waals surface area contributed by atoms with Crippen molar-refractivity contribution in [3.8, 4) is 5.75 Å². The number of aromatic nitrogens is 3. The molecule has 0 spiro atoms. The van der Waals surface area contributed by atoms with Crippen LogP contribution in [0.2, 0.25) is 0 Å². The average Bonchev–Trinajstić information content (AvgIpc) is 3.45. The van der Waals surface area contributed by atoms with E-state index >= 15 is 0 Å². The first-order valence-electron chi connectivity index (χ1n) is 11.5. The van der Waals surface area contributed by atoms with Gasteiger partial charge in [0.1, 0.15) is 5.75 Å². The van der Waals surface area contributed by atoms with Crippen LogP contribution in [0, 0.1) is 5.92 Å². The van der Waals surface area contributed by atoms with E-state index in [1.54, 1.807) is 17.8 Å². The van der Waals surface area contributed by atoms with Crippen molar-refractivity contribution in [2.45, 2.75) is 37.5 Å². The summed E-state index contributed by atoms with van der Waals surface area (Å²) >= 11 is 0. The molecule has 1 aliphatic carbocycles. The molecule has 0 unspecified atom stereocenters. The summed E-state index contributed by atoms with van der Waals surface area (Å²) in [4.78, 5) is 20.3. The molecule has 7 heteroatoms. The SMILES string of the molecule is COc1ccc(C2(C(=O)N3CCOC[C@H](Cc4ccc5nccn5n4)C3)CCCC2)cc1. The lowest BCUT2D eigenvalue weighted by molar-refractivity contribution is -0.137. The van der Waals surface area contributed by atoms with Crippen molar-refractivity contribution >= 4 is 11.6 Å². The third-order valence-electron chi connectivity index (χ3n) is 6.94. The van der Waals surface area contributed by atoms with Crippen LogP contribution in [0.15, 0.2) is 48.8 Å². The first-order chi connectivity index (χ1) is 15.7. The van der Waals surface area contributed by atoms with Crippen molar-refractivity contribution in [3.05, 3.63) is 60.0 Å². The minimum atomic E-state index is -0.435. The summed E-state index contributed by atoms with van der Waals surface area (Å²) in [7, 11) is 1.67. The Morgan fingerprint density at radius 1 is 1.19 bits per heavy atom. The summed E-state index contributed by atoms with van der Waals surface area (Å²) in [6, 6.07) is 12.1. The van der Waals surface area contributed by atoms with E-state index in [9.17, 15) is 4.79 Å². The predicted molar refractivity (Wildman–Crippen MR) is 121 cm³/mol. The summed E-state index contributed by atoms with van der Waals surface area (Å²) in [5.74, 6) is 1.28. The third-order valence-corrected chi connectivity index (χ3v) is 6.94. The Kier molecular flexibility index (Phi) is 5.83. The Bertz CT molecular complexity index is 1070. The summed E-state index contributed by atoms with van der Waals surface area (Å²) in [5.41, 5.74) is 2.50. The van der Waals surface area contributed by atoms with Gasteiger partial charge in [-0.2, -0.15) is 5.10 Å². The van der Waals surface area contributed by atoms with Crippen LogP contribution in [-0.2, 0) is 21.4 Å². The molecule has 1 atom stereocenters.